The van der Waals surface area contributed by atoms with E-state index in [0.717, 1.165) is 13.0 Å². The van der Waals surface area contributed by atoms with Crippen molar-refractivity contribution in [3.05, 3.63) is 19.6 Å². The summed E-state index contributed by atoms with van der Waals surface area (Å²) in [6.45, 7) is 15.7. The second-order valence-electron chi connectivity index (χ2n) is 5.66. The molecule has 1 saturated heterocycles. The van der Waals surface area contributed by atoms with E-state index in [1.54, 1.807) is 6.08 Å². The van der Waals surface area contributed by atoms with Crippen LogP contribution in [0.5, 0.6) is 0 Å². The molecular weight excluding hydrogens is 186 g/mol. The maximum Gasteiger partial charge on any atom is 0.226 e. The molecule has 0 spiro atoms. The van der Waals surface area contributed by atoms with Crippen LogP contribution < -0.4 is 0 Å². The van der Waals surface area contributed by atoms with Crippen LogP contribution >= 0.6 is 0 Å². The Morgan fingerprint density at radius 3 is 2.60 bits per heavy atom. The van der Waals surface area contributed by atoms with Gasteiger partial charge in [0.1, 0.15) is 0 Å². The summed E-state index contributed by atoms with van der Waals surface area (Å²) in [5.74, 6) is 0.589. The topological polar surface area (TPSA) is 20.3 Å². The summed E-state index contributed by atoms with van der Waals surface area (Å²) < 4.78 is 0. The Morgan fingerprint density at radius 2 is 2.13 bits per heavy atom. The average Bonchev–Trinajstić information content (AvgIpc) is 2.32. The van der Waals surface area contributed by atoms with Gasteiger partial charge in [-0.25, -0.2) is 0 Å². The lowest BCUT2D eigenvalue weighted by molar-refractivity contribution is -0.131. The number of carbonyl (C=O) groups is 1. The molecule has 85 valence electrons. The van der Waals surface area contributed by atoms with Gasteiger partial charge in [0, 0.05) is 19.0 Å². The molecule has 0 bridgehead atoms. The summed E-state index contributed by atoms with van der Waals surface area (Å²) in [4.78, 5) is 13.9. The standard InChI is InChI=1S/C13H22NO/c1-6-7-14-9-10(2)11(12(14)15)8-13(3,4)5/h6,10-11H,1-2,7-9H2,3-5H3/t10-,11+/m1/s1. The molecule has 0 aromatic carbocycles. The van der Waals surface area contributed by atoms with E-state index < -0.39 is 0 Å². The molecule has 1 heterocycles. The third-order valence-electron chi connectivity index (χ3n) is 2.83. The highest BCUT2D eigenvalue weighted by Crippen LogP contribution is 2.34. The van der Waals surface area contributed by atoms with Gasteiger partial charge in [-0.1, -0.05) is 26.8 Å². The Bertz CT molecular complexity index is 252. The lowest BCUT2D eigenvalue weighted by Crippen LogP contribution is -2.28. The van der Waals surface area contributed by atoms with Crippen molar-refractivity contribution in [2.24, 2.45) is 17.3 Å². The summed E-state index contributed by atoms with van der Waals surface area (Å²) in [7, 11) is 0. The summed E-state index contributed by atoms with van der Waals surface area (Å²) in [6, 6.07) is 0. The molecule has 2 nitrogen and oxygen atoms in total. The minimum Gasteiger partial charge on any atom is -0.338 e. The van der Waals surface area contributed by atoms with Gasteiger partial charge in [-0.2, -0.15) is 0 Å². The monoisotopic (exact) mass is 208 g/mol. The minimum absolute atomic E-state index is 0.102. The zero-order valence-electron chi connectivity index (χ0n) is 10.1. The van der Waals surface area contributed by atoms with Crippen LogP contribution in [0.15, 0.2) is 12.7 Å². The van der Waals surface area contributed by atoms with Gasteiger partial charge in [-0.05, 0) is 24.7 Å². The first-order chi connectivity index (χ1) is 6.85. The highest BCUT2D eigenvalue weighted by atomic mass is 16.2. The van der Waals surface area contributed by atoms with Crippen molar-refractivity contribution in [2.45, 2.75) is 27.2 Å². The normalized spacial score (nSPS) is 27.2. The molecular formula is C13H22NO. The van der Waals surface area contributed by atoms with E-state index in [1.807, 2.05) is 4.90 Å². The van der Waals surface area contributed by atoms with E-state index in [4.69, 9.17) is 0 Å². The molecule has 0 unspecified atom stereocenters. The predicted molar refractivity (Wildman–Crippen MR) is 63.2 cm³/mol. The molecule has 1 fully saturated rings. The Balaban J connectivity index is 2.66. The molecule has 1 radical (unpaired) electrons. The molecule has 1 aliphatic rings. The van der Waals surface area contributed by atoms with Crippen LogP contribution in [-0.4, -0.2) is 23.9 Å². The summed E-state index contributed by atoms with van der Waals surface area (Å²) in [5, 5.41) is 0. The van der Waals surface area contributed by atoms with Crippen molar-refractivity contribution in [2.75, 3.05) is 13.1 Å². The number of hydrogen-bond acceptors (Lipinski definition) is 1. The van der Waals surface area contributed by atoms with E-state index in [-0.39, 0.29) is 23.2 Å². The zero-order chi connectivity index (χ0) is 11.6. The van der Waals surface area contributed by atoms with Gasteiger partial charge < -0.3 is 4.90 Å². The Hall–Kier alpha value is -0.790. The van der Waals surface area contributed by atoms with Gasteiger partial charge in [-0.3, -0.25) is 4.79 Å². The molecule has 1 amide bonds. The van der Waals surface area contributed by atoms with E-state index in [2.05, 4.69) is 34.3 Å². The van der Waals surface area contributed by atoms with Gasteiger partial charge in [-0.15, -0.1) is 6.58 Å². The van der Waals surface area contributed by atoms with Gasteiger partial charge >= 0.3 is 0 Å². The van der Waals surface area contributed by atoms with Crippen molar-refractivity contribution in [1.29, 1.82) is 0 Å². The fraction of sp³-hybridized carbons (Fsp3) is 0.692. The lowest BCUT2D eigenvalue weighted by atomic mass is 9.80. The van der Waals surface area contributed by atoms with Crippen molar-refractivity contribution in [1.82, 2.24) is 4.90 Å². The third-order valence-corrected chi connectivity index (χ3v) is 2.83. The third kappa shape index (κ3) is 3.08. The molecule has 2 atom stereocenters. The molecule has 0 N–H and O–H groups in total. The summed E-state index contributed by atoms with van der Waals surface area (Å²) >= 11 is 0. The maximum absolute atomic E-state index is 12.0. The van der Waals surface area contributed by atoms with Gasteiger partial charge in [0.05, 0.1) is 0 Å². The lowest BCUT2D eigenvalue weighted by Gasteiger charge is -2.23. The number of hydrogen-bond donors (Lipinski definition) is 0. The van der Waals surface area contributed by atoms with Crippen molar-refractivity contribution in [3.63, 3.8) is 0 Å². The molecule has 0 saturated carbocycles. The molecule has 0 aromatic rings. The molecule has 2 heteroatoms. The molecule has 0 aliphatic carbocycles. The van der Waals surface area contributed by atoms with Crippen LogP contribution in [0.3, 0.4) is 0 Å². The van der Waals surface area contributed by atoms with Crippen LogP contribution in [0.25, 0.3) is 0 Å². The van der Waals surface area contributed by atoms with Crippen molar-refractivity contribution < 1.29 is 4.79 Å². The smallest absolute Gasteiger partial charge is 0.226 e. The highest BCUT2D eigenvalue weighted by molar-refractivity contribution is 5.81. The Labute approximate surface area is 93.3 Å². The van der Waals surface area contributed by atoms with E-state index in [0.29, 0.717) is 6.54 Å². The summed E-state index contributed by atoms with van der Waals surface area (Å²) in [6.07, 6.45) is 2.71. The SMILES string of the molecule is [CH2][C@@H]1CN(CC=C)C(=O)[C@H]1CC(C)(C)C. The van der Waals surface area contributed by atoms with Crippen molar-refractivity contribution in [3.8, 4) is 0 Å². The van der Waals surface area contributed by atoms with Crippen molar-refractivity contribution >= 4 is 5.91 Å². The number of amides is 1. The first-order valence-electron chi connectivity index (χ1n) is 5.58. The van der Waals surface area contributed by atoms with E-state index in [1.165, 1.54) is 0 Å². The summed E-state index contributed by atoms with van der Waals surface area (Å²) in [5.41, 5.74) is 0.195. The van der Waals surface area contributed by atoms with Crippen LogP contribution in [0, 0.1) is 24.2 Å². The first kappa shape index (κ1) is 12.3. The largest absolute Gasteiger partial charge is 0.338 e. The Kier molecular flexibility index (Phi) is 3.58. The second kappa shape index (κ2) is 4.38. The van der Waals surface area contributed by atoms with Crippen LogP contribution in [0.1, 0.15) is 27.2 Å². The van der Waals surface area contributed by atoms with E-state index in [9.17, 15) is 4.79 Å². The predicted octanol–water partition coefficient (Wildman–Crippen LogP) is 2.52. The van der Waals surface area contributed by atoms with Gasteiger partial charge in [0.15, 0.2) is 0 Å². The number of carbonyl (C=O) groups excluding carboxylic acids is 1. The molecule has 1 aliphatic heterocycles. The van der Waals surface area contributed by atoms with Crippen LogP contribution in [0.2, 0.25) is 0 Å². The Morgan fingerprint density at radius 1 is 1.53 bits per heavy atom. The second-order valence-corrected chi connectivity index (χ2v) is 5.66. The fourth-order valence-electron chi connectivity index (χ4n) is 2.17. The van der Waals surface area contributed by atoms with Crippen LogP contribution in [0.4, 0.5) is 0 Å². The molecule has 1 rings (SSSR count). The maximum atomic E-state index is 12.0. The molecule has 15 heavy (non-hydrogen) atoms. The van der Waals surface area contributed by atoms with E-state index >= 15 is 0 Å². The minimum atomic E-state index is 0.102. The van der Waals surface area contributed by atoms with Gasteiger partial charge in [0.2, 0.25) is 5.91 Å². The zero-order valence-corrected chi connectivity index (χ0v) is 10.1. The number of nitrogens with zero attached hydrogens (tertiary/aromatic N) is 1. The number of rotatable bonds is 3. The number of likely N-dealkylation sites (tertiary alicyclic amines) is 1. The quantitative estimate of drug-likeness (QED) is 0.653. The van der Waals surface area contributed by atoms with Crippen LogP contribution in [-0.2, 0) is 4.79 Å². The van der Waals surface area contributed by atoms with Gasteiger partial charge in [0.25, 0.3) is 0 Å². The highest BCUT2D eigenvalue weighted by Gasteiger charge is 2.38. The average molecular weight is 208 g/mol. The fourth-order valence-corrected chi connectivity index (χ4v) is 2.17. The molecule has 0 aromatic heterocycles. The first-order valence-corrected chi connectivity index (χ1v) is 5.58.